The van der Waals surface area contributed by atoms with Crippen molar-refractivity contribution in [2.75, 3.05) is 19.7 Å². The molecule has 2 fully saturated rings. The molecule has 1 aromatic rings. The maximum atomic E-state index is 13.0. The van der Waals surface area contributed by atoms with Gasteiger partial charge in [-0.05, 0) is 33.6 Å². The van der Waals surface area contributed by atoms with Crippen molar-refractivity contribution in [3.05, 3.63) is 11.4 Å². The Morgan fingerprint density at radius 2 is 1.96 bits per heavy atom. The number of aliphatic hydroxyl groups excluding tert-OH is 1. The normalized spacial score (nSPS) is 27.4. The van der Waals surface area contributed by atoms with Crippen molar-refractivity contribution in [1.82, 2.24) is 14.1 Å². The van der Waals surface area contributed by atoms with Gasteiger partial charge in [0.2, 0.25) is 10.0 Å². The summed E-state index contributed by atoms with van der Waals surface area (Å²) in [5, 5.41) is 14.5. The van der Waals surface area contributed by atoms with Crippen LogP contribution in [0.1, 0.15) is 37.6 Å². The molecule has 0 bridgehead atoms. The van der Waals surface area contributed by atoms with Crippen LogP contribution in [0.3, 0.4) is 0 Å². The summed E-state index contributed by atoms with van der Waals surface area (Å²) in [6.45, 7) is 6.90. The Morgan fingerprint density at radius 3 is 2.42 bits per heavy atom. The fourth-order valence-corrected chi connectivity index (χ4v) is 6.06. The Hall–Kier alpha value is -0.960. The molecule has 0 radical (unpaired) electrons. The van der Waals surface area contributed by atoms with E-state index in [-0.39, 0.29) is 17.6 Å². The first-order valence-corrected chi connectivity index (χ1v) is 9.98. The average molecular weight is 357 g/mol. The summed E-state index contributed by atoms with van der Waals surface area (Å²) in [4.78, 5) is 0.316. The Bertz CT molecular complexity index is 718. The van der Waals surface area contributed by atoms with Crippen LogP contribution >= 0.6 is 0 Å². The van der Waals surface area contributed by atoms with Crippen molar-refractivity contribution < 1.29 is 18.3 Å². The molecule has 2 heterocycles. The van der Waals surface area contributed by atoms with Crippen LogP contribution < -0.4 is 0 Å². The third kappa shape index (κ3) is 2.51. The first-order valence-electron chi connectivity index (χ1n) is 8.54. The van der Waals surface area contributed by atoms with Crippen molar-refractivity contribution in [3.63, 3.8) is 0 Å². The maximum absolute atomic E-state index is 13.0. The quantitative estimate of drug-likeness (QED) is 0.868. The SMILES string of the molecule is CCO[C@H]1C[C@H](O)C12CCN(S(=O)(=O)c1c(C)nn(C)c1C)CC2. The number of aryl methyl sites for hydroxylation is 2. The van der Waals surface area contributed by atoms with Crippen LogP contribution in [0.5, 0.6) is 0 Å². The van der Waals surface area contributed by atoms with E-state index in [4.69, 9.17) is 4.74 Å². The lowest BCUT2D eigenvalue weighted by Crippen LogP contribution is -2.62. The van der Waals surface area contributed by atoms with Crippen LogP contribution in [0.4, 0.5) is 0 Å². The molecule has 1 N–H and O–H groups in total. The van der Waals surface area contributed by atoms with Gasteiger partial charge in [-0.15, -0.1) is 0 Å². The van der Waals surface area contributed by atoms with E-state index in [0.29, 0.717) is 55.2 Å². The van der Waals surface area contributed by atoms with Crippen molar-refractivity contribution in [2.24, 2.45) is 12.5 Å². The largest absolute Gasteiger partial charge is 0.392 e. The highest BCUT2D eigenvalue weighted by atomic mass is 32.2. The fraction of sp³-hybridized carbons (Fsp3) is 0.812. The number of aliphatic hydroxyl groups is 1. The number of rotatable bonds is 4. The predicted octanol–water partition coefficient (Wildman–Crippen LogP) is 0.978. The van der Waals surface area contributed by atoms with E-state index in [9.17, 15) is 13.5 Å². The molecule has 3 rings (SSSR count). The minimum absolute atomic E-state index is 0.0456. The molecule has 2 aliphatic rings. The number of ether oxygens (including phenoxy) is 1. The Balaban J connectivity index is 1.79. The molecule has 2 atom stereocenters. The van der Waals surface area contributed by atoms with Crippen molar-refractivity contribution in [2.45, 2.75) is 57.1 Å². The zero-order chi connectivity index (χ0) is 17.7. The molecule has 7 nitrogen and oxygen atoms in total. The van der Waals surface area contributed by atoms with Crippen molar-refractivity contribution >= 4 is 10.0 Å². The summed E-state index contributed by atoms with van der Waals surface area (Å²) in [5.41, 5.74) is 0.913. The smallest absolute Gasteiger partial charge is 0.246 e. The first-order chi connectivity index (χ1) is 11.2. The Morgan fingerprint density at radius 1 is 1.33 bits per heavy atom. The second kappa shape index (κ2) is 6.09. The molecule has 8 heteroatoms. The standard InChI is InChI=1S/C16H27N3O4S/c1-5-23-14-10-13(20)16(14)6-8-19(9-7-16)24(21,22)15-11(2)17-18(4)12(15)3/h13-14,20H,5-10H2,1-4H3/t13-,14-/m0/s1. The highest BCUT2D eigenvalue weighted by Crippen LogP contribution is 2.51. The molecule has 1 saturated heterocycles. The number of sulfonamides is 1. The monoisotopic (exact) mass is 357 g/mol. The molecular formula is C16H27N3O4S. The van der Waals surface area contributed by atoms with Crippen molar-refractivity contribution in [3.8, 4) is 0 Å². The summed E-state index contributed by atoms with van der Waals surface area (Å²) in [7, 11) is -1.80. The van der Waals surface area contributed by atoms with Gasteiger partial charge in [-0.3, -0.25) is 4.68 Å². The van der Waals surface area contributed by atoms with Gasteiger partial charge < -0.3 is 9.84 Å². The number of nitrogens with zero attached hydrogens (tertiary/aromatic N) is 3. The first kappa shape index (κ1) is 17.8. The van der Waals surface area contributed by atoms with Gasteiger partial charge in [0, 0.05) is 38.6 Å². The molecule has 1 aliphatic carbocycles. The minimum atomic E-state index is -3.56. The van der Waals surface area contributed by atoms with E-state index >= 15 is 0 Å². The van der Waals surface area contributed by atoms with Crippen LogP contribution in [0.25, 0.3) is 0 Å². The molecule has 24 heavy (non-hydrogen) atoms. The molecule has 1 aliphatic heterocycles. The predicted molar refractivity (Wildman–Crippen MR) is 89.1 cm³/mol. The second-order valence-electron chi connectivity index (χ2n) is 6.96. The summed E-state index contributed by atoms with van der Waals surface area (Å²) >= 11 is 0. The molecule has 1 saturated carbocycles. The molecule has 0 unspecified atom stereocenters. The minimum Gasteiger partial charge on any atom is -0.392 e. The Kier molecular flexibility index (Phi) is 4.53. The zero-order valence-corrected chi connectivity index (χ0v) is 15.6. The van der Waals surface area contributed by atoms with Crippen LogP contribution in [0.2, 0.25) is 0 Å². The lowest BCUT2D eigenvalue weighted by atomic mass is 9.58. The highest BCUT2D eigenvalue weighted by molar-refractivity contribution is 7.89. The van der Waals surface area contributed by atoms with Crippen LogP contribution in [-0.4, -0.2) is 59.5 Å². The van der Waals surface area contributed by atoms with E-state index in [2.05, 4.69) is 5.10 Å². The van der Waals surface area contributed by atoms with Gasteiger partial charge in [-0.1, -0.05) is 0 Å². The molecule has 1 aromatic heterocycles. The summed E-state index contributed by atoms with van der Waals surface area (Å²) < 4.78 is 34.9. The summed E-state index contributed by atoms with van der Waals surface area (Å²) in [5.74, 6) is 0. The number of hydrogen-bond acceptors (Lipinski definition) is 5. The van der Waals surface area contributed by atoms with E-state index in [1.54, 1.807) is 25.6 Å². The number of piperidine rings is 1. The van der Waals surface area contributed by atoms with Crippen LogP contribution in [0, 0.1) is 19.3 Å². The van der Waals surface area contributed by atoms with E-state index in [1.807, 2.05) is 6.92 Å². The lowest BCUT2D eigenvalue weighted by molar-refractivity contribution is -0.205. The summed E-state index contributed by atoms with van der Waals surface area (Å²) in [6, 6.07) is 0. The molecular weight excluding hydrogens is 330 g/mol. The van der Waals surface area contributed by atoms with E-state index < -0.39 is 10.0 Å². The van der Waals surface area contributed by atoms with Crippen molar-refractivity contribution in [1.29, 1.82) is 0 Å². The fourth-order valence-electron chi connectivity index (χ4n) is 4.22. The molecule has 1 spiro atoms. The topological polar surface area (TPSA) is 84.7 Å². The highest BCUT2D eigenvalue weighted by Gasteiger charge is 2.57. The van der Waals surface area contributed by atoms with E-state index in [1.165, 1.54) is 4.31 Å². The lowest BCUT2D eigenvalue weighted by Gasteiger charge is -2.56. The summed E-state index contributed by atoms with van der Waals surface area (Å²) in [6.07, 6.45) is 1.58. The Labute approximate surface area is 143 Å². The second-order valence-corrected chi connectivity index (χ2v) is 8.83. The van der Waals surface area contributed by atoms with Gasteiger partial charge in [0.25, 0.3) is 0 Å². The van der Waals surface area contributed by atoms with Gasteiger partial charge in [0.05, 0.1) is 23.6 Å². The van der Waals surface area contributed by atoms with Gasteiger partial charge in [0.1, 0.15) is 4.90 Å². The van der Waals surface area contributed by atoms with Gasteiger partial charge in [-0.2, -0.15) is 9.40 Å². The molecule has 136 valence electrons. The van der Waals surface area contributed by atoms with Crippen LogP contribution in [0.15, 0.2) is 4.90 Å². The van der Waals surface area contributed by atoms with Gasteiger partial charge in [0.15, 0.2) is 0 Å². The molecule has 0 aromatic carbocycles. The van der Waals surface area contributed by atoms with E-state index in [0.717, 1.165) is 0 Å². The number of hydrogen-bond donors (Lipinski definition) is 1. The van der Waals surface area contributed by atoms with Gasteiger partial charge in [-0.25, -0.2) is 8.42 Å². The average Bonchev–Trinajstić information content (AvgIpc) is 2.80. The molecule has 0 amide bonds. The zero-order valence-electron chi connectivity index (χ0n) is 14.8. The van der Waals surface area contributed by atoms with Gasteiger partial charge >= 0.3 is 0 Å². The maximum Gasteiger partial charge on any atom is 0.246 e. The third-order valence-corrected chi connectivity index (χ3v) is 7.96. The number of aromatic nitrogens is 2. The van der Waals surface area contributed by atoms with Crippen LogP contribution in [-0.2, 0) is 21.8 Å². The third-order valence-electron chi connectivity index (χ3n) is 5.80.